The van der Waals surface area contributed by atoms with Gasteiger partial charge in [-0.15, -0.1) is 0 Å². The number of anilines is 1. The van der Waals surface area contributed by atoms with E-state index in [1.807, 2.05) is 0 Å². The lowest BCUT2D eigenvalue weighted by Gasteiger charge is -2.28. The number of hydrogen-bond acceptors (Lipinski definition) is 4. The molecule has 1 aromatic rings. The Hall–Kier alpha value is -1.03. The number of hydrogen-bond donors (Lipinski definition) is 1. The Morgan fingerprint density at radius 3 is 2.72 bits per heavy atom. The molecule has 1 heterocycles. The van der Waals surface area contributed by atoms with Crippen LogP contribution in [-0.4, -0.2) is 23.6 Å². The molecule has 0 radical (unpaired) electrons. The summed E-state index contributed by atoms with van der Waals surface area (Å²) in [7, 11) is 1.58. The van der Waals surface area contributed by atoms with Crippen molar-refractivity contribution >= 4 is 17.4 Å². The van der Waals surface area contributed by atoms with Crippen LogP contribution in [0.4, 0.5) is 5.82 Å². The van der Waals surface area contributed by atoms with Gasteiger partial charge in [0.2, 0.25) is 0 Å². The third kappa shape index (κ3) is 2.69. The predicted octanol–water partition coefficient (Wildman–Crippen LogP) is 3.52. The summed E-state index contributed by atoms with van der Waals surface area (Å²) in [5.41, 5.74) is 0.405. The molecule has 1 N–H and O–H groups in total. The molecule has 1 saturated carbocycles. The maximum atomic E-state index is 5.98. The Kier molecular flexibility index (Phi) is 4.27. The second kappa shape index (κ2) is 5.74. The minimum Gasteiger partial charge on any atom is -0.490 e. The summed E-state index contributed by atoms with van der Waals surface area (Å²) in [5.74, 6) is 1.22. The number of nitrogens with one attached hydrogen (secondary N) is 1. The molecule has 0 aromatic carbocycles. The molecular formula is C13H20ClN3O. The Labute approximate surface area is 113 Å². The van der Waals surface area contributed by atoms with Crippen molar-refractivity contribution in [1.29, 1.82) is 0 Å². The standard InChI is InChI=1S/C13H20ClN3O/c1-3-13(6-4-5-7-13)8-15-12-10(18-2)11(14)16-9-17-12/h9H,3-8H2,1-2H3,(H,15,16,17). The third-order valence-corrected chi connectivity index (χ3v) is 4.28. The van der Waals surface area contributed by atoms with Crippen LogP contribution >= 0.6 is 11.6 Å². The topological polar surface area (TPSA) is 47.0 Å². The van der Waals surface area contributed by atoms with Gasteiger partial charge in [-0.2, -0.15) is 0 Å². The fraction of sp³-hybridized carbons (Fsp3) is 0.692. The molecule has 0 spiro atoms. The number of ether oxygens (including phenoxy) is 1. The molecule has 0 saturated heterocycles. The number of methoxy groups -OCH3 is 1. The highest BCUT2D eigenvalue weighted by molar-refractivity contribution is 6.31. The van der Waals surface area contributed by atoms with Crippen LogP contribution in [0.5, 0.6) is 5.75 Å². The molecule has 1 aromatic heterocycles. The van der Waals surface area contributed by atoms with E-state index in [1.165, 1.54) is 38.4 Å². The maximum Gasteiger partial charge on any atom is 0.198 e. The number of nitrogens with zero attached hydrogens (tertiary/aromatic N) is 2. The van der Waals surface area contributed by atoms with Gasteiger partial charge >= 0.3 is 0 Å². The summed E-state index contributed by atoms with van der Waals surface area (Å²) in [6, 6.07) is 0. The van der Waals surface area contributed by atoms with Crippen LogP contribution < -0.4 is 10.1 Å². The van der Waals surface area contributed by atoms with Crippen LogP contribution in [0.25, 0.3) is 0 Å². The zero-order valence-electron chi connectivity index (χ0n) is 11.0. The van der Waals surface area contributed by atoms with Gasteiger partial charge in [0.05, 0.1) is 7.11 Å². The second-order valence-electron chi connectivity index (χ2n) is 4.96. The van der Waals surface area contributed by atoms with E-state index < -0.39 is 0 Å². The molecule has 1 fully saturated rings. The van der Waals surface area contributed by atoms with Gasteiger partial charge in [-0.25, -0.2) is 9.97 Å². The first-order valence-corrected chi connectivity index (χ1v) is 6.87. The lowest BCUT2D eigenvalue weighted by molar-refractivity contribution is 0.306. The zero-order chi connectivity index (χ0) is 13.0. The largest absolute Gasteiger partial charge is 0.490 e. The first-order chi connectivity index (χ1) is 8.71. The van der Waals surface area contributed by atoms with E-state index in [1.54, 1.807) is 7.11 Å². The average Bonchev–Trinajstić information content (AvgIpc) is 2.86. The highest BCUT2D eigenvalue weighted by atomic mass is 35.5. The number of halogens is 1. The minimum atomic E-state index is 0.354. The smallest absolute Gasteiger partial charge is 0.198 e. The lowest BCUT2D eigenvalue weighted by Crippen LogP contribution is -2.26. The van der Waals surface area contributed by atoms with Crippen LogP contribution in [0, 0.1) is 5.41 Å². The lowest BCUT2D eigenvalue weighted by atomic mass is 9.83. The quantitative estimate of drug-likeness (QED) is 0.831. The summed E-state index contributed by atoms with van der Waals surface area (Å²) in [5, 5.41) is 3.73. The molecule has 0 bridgehead atoms. The van der Waals surface area contributed by atoms with E-state index in [2.05, 4.69) is 22.2 Å². The first kappa shape index (κ1) is 13.4. The van der Waals surface area contributed by atoms with Crippen LogP contribution in [-0.2, 0) is 0 Å². The molecule has 0 amide bonds. The fourth-order valence-corrected chi connectivity index (χ4v) is 2.92. The van der Waals surface area contributed by atoms with E-state index in [4.69, 9.17) is 16.3 Å². The SMILES string of the molecule is CCC1(CNc2ncnc(Cl)c2OC)CCCC1. The van der Waals surface area contributed by atoms with Crippen LogP contribution in [0.2, 0.25) is 5.15 Å². The zero-order valence-corrected chi connectivity index (χ0v) is 11.8. The Bertz CT molecular complexity index is 405. The number of aromatic nitrogens is 2. The van der Waals surface area contributed by atoms with Gasteiger partial charge in [-0.1, -0.05) is 31.4 Å². The molecule has 0 aliphatic heterocycles. The minimum absolute atomic E-state index is 0.354. The van der Waals surface area contributed by atoms with Gasteiger partial charge in [0.15, 0.2) is 16.7 Å². The van der Waals surface area contributed by atoms with Gasteiger partial charge in [0.1, 0.15) is 6.33 Å². The van der Waals surface area contributed by atoms with Crippen molar-refractivity contribution in [2.75, 3.05) is 19.0 Å². The maximum absolute atomic E-state index is 5.98. The summed E-state index contributed by atoms with van der Waals surface area (Å²) in [6.45, 7) is 3.18. The third-order valence-electron chi connectivity index (χ3n) is 4.01. The van der Waals surface area contributed by atoms with Crippen molar-refractivity contribution in [3.05, 3.63) is 11.5 Å². The highest BCUT2D eigenvalue weighted by Crippen LogP contribution is 2.41. The molecule has 4 nitrogen and oxygen atoms in total. The van der Waals surface area contributed by atoms with Crippen LogP contribution in [0.3, 0.4) is 0 Å². The van der Waals surface area contributed by atoms with Gasteiger partial charge in [-0.3, -0.25) is 0 Å². The summed E-state index contributed by atoms with van der Waals surface area (Å²) in [4.78, 5) is 8.12. The van der Waals surface area contributed by atoms with Crippen molar-refractivity contribution in [3.8, 4) is 5.75 Å². The average molecular weight is 270 g/mol. The highest BCUT2D eigenvalue weighted by Gasteiger charge is 2.32. The molecule has 1 aliphatic carbocycles. The molecule has 5 heteroatoms. The van der Waals surface area contributed by atoms with Gasteiger partial charge < -0.3 is 10.1 Å². The molecule has 1 aliphatic rings. The van der Waals surface area contributed by atoms with E-state index >= 15 is 0 Å². The van der Waals surface area contributed by atoms with Gasteiger partial charge in [0, 0.05) is 6.54 Å². The second-order valence-corrected chi connectivity index (χ2v) is 5.32. The fourth-order valence-electron chi connectivity index (χ4n) is 2.71. The normalized spacial score (nSPS) is 17.7. The number of rotatable bonds is 5. The van der Waals surface area contributed by atoms with E-state index in [0.717, 1.165) is 6.54 Å². The van der Waals surface area contributed by atoms with Crippen molar-refractivity contribution in [1.82, 2.24) is 9.97 Å². The molecule has 0 unspecified atom stereocenters. The van der Waals surface area contributed by atoms with Gasteiger partial charge in [-0.05, 0) is 24.7 Å². The van der Waals surface area contributed by atoms with E-state index in [0.29, 0.717) is 22.1 Å². The Morgan fingerprint density at radius 1 is 1.39 bits per heavy atom. The van der Waals surface area contributed by atoms with E-state index in [9.17, 15) is 0 Å². The van der Waals surface area contributed by atoms with Crippen LogP contribution in [0.15, 0.2) is 6.33 Å². The summed E-state index contributed by atoms with van der Waals surface area (Å²) in [6.07, 6.45) is 7.89. The van der Waals surface area contributed by atoms with E-state index in [-0.39, 0.29) is 0 Å². The Morgan fingerprint density at radius 2 is 2.11 bits per heavy atom. The molecule has 100 valence electrons. The molecule has 2 rings (SSSR count). The van der Waals surface area contributed by atoms with Crippen molar-refractivity contribution in [3.63, 3.8) is 0 Å². The van der Waals surface area contributed by atoms with Crippen LogP contribution in [0.1, 0.15) is 39.0 Å². The van der Waals surface area contributed by atoms with Crippen molar-refractivity contribution in [2.45, 2.75) is 39.0 Å². The summed E-state index contributed by atoms with van der Waals surface area (Å²) >= 11 is 5.98. The van der Waals surface area contributed by atoms with Gasteiger partial charge in [0.25, 0.3) is 0 Å². The summed E-state index contributed by atoms with van der Waals surface area (Å²) < 4.78 is 5.24. The monoisotopic (exact) mass is 269 g/mol. The Balaban J connectivity index is 2.08. The predicted molar refractivity (Wildman–Crippen MR) is 73.3 cm³/mol. The molecular weight excluding hydrogens is 250 g/mol. The molecule has 0 atom stereocenters. The van der Waals surface area contributed by atoms with Crippen molar-refractivity contribution < 1.29 is 4.74 Å². The molecule has 18 heavy (non-hydrogen) atoms. The first-order valence-electron chi connectivity index (χ1n) is 6.49. The van der Waals surface area contributed by atoms with Crippen molar-refractivity contribution in [2.24, 2.45) is 5.41 Å².